The van der Waals surface area contributed by atoms with Crippen LogP contribution in [0.4, 0.5) is 0 Å². The normalized spacial score (nSPS) is 35.1. The molecule has 2 aliphatic heterocycles. The van der Waals surface area contributed by atoms with Crippen LogP contribution in [0.25, 0.3) is 0 Å². The predicted molar refractivity (Wildman–Crippen MR) is 66.7 cm³/mol. The van der Waals surface area contributed by atoms with Crippen LogP contribution in [0, 0.1) is 0 Å². The van der Waals surface area contributed by atoms with Gasteiger partial charge >= 0.3 is 0 Å². The lowest BCUT2D eigenvalue weighted by Gasteiger charge is -2.53. The fraction of sp³-hybridized carbons (Fsp3) is 1.00. The Morgan fingerprint density at radius 1 is 0.938 bits per heavy atom. The zero-order chi connectivity index (χ0) is 11.9. The van der Waals surface area contributed by atoms with E-state index in [1.807, 2.05) is 0 Å². The summed E-state index contributed by atoms with van der Waals surface area (Å²) in [5.74, 6) is 0. The third-order valence-electron chi connectivity index (χ3n) is 3.78. The molecule has 2 unspecified atom stereocenters. The second-order valence-electron chi connectivity index (χ2n) is 6.44. The van der Waals surface area contributed by atoms with Crippen LogP contribution < -0.4 is 0 Å². The molecule has 0 saturated carbocycles. The Kier molecular flexibility index (Phi) is 3.30. The Morgan fingerprint density at radius 2 is 1.44 bits per heavy atom. The largest absolute Gasteiger partial charge is 0.373 e. The molecular formula is C13H26N2O. The van der Waals surface area contributed by atoms with Gasteiger partial charge in [-0.15, -0.1) is 0 Å². The summed E-state index contributed by atoms with van der Waals surface area (Å²) in [6.07, 6.45) is 0.792. The Hall–Kier alpha value is -0.120. The van der Waals surface area contributed by atoms with Crippen molar-refractivity contribution in [2.45, 2.75) is 58.4 Å². The van der Waals surface area contributed by atoms with Crippen molar-refractivity contribution in [2.24, 2.45) is 0 Å². The van der Waals surface area contributed by atoms with E-state index in [9.17, 15) is 0 Å². The Bertz CT molecular complexity index is 233. The van der Waals surface area contributed by atoms with Crippen LogP contribution in [-0.4, -0.2) is 59.8 Å². The highest BCUT2D eigenvalue weighted by Gasteiger charge is 2.39. The minimum absolute atomic E-state index is 0.333. The first-order chi connectivity index (χ1) is 7.36. The molecule has 0 aromatic carbocycles. The molecule has 0 amide bonds. The highest BCUT2D eigenvalue weighted by molar-refractivity contribution is 4.95. The second kappa shape index (κ2) is 4.28. The van der Waals surface area contributed by atoms with Crippen molar-refractivity contribution >= 4 is 0 Å². The average Bonchev–Trinajstić information content (AvgIpc) is 1.94. The van der Waals surface area contributed by atoms with E-state index < -0.39 is 0 Å². The van der Waals surface area contributed by atoms with E-state index in [4.69, 9.17) is 4.74 Å². The summed E-state index contributed by atoms with van der Waals surface area (Å²) in [4.78, 5) is 5.17. The van der Waals surface area contributed by atoms with Crippen LogP contribution in [0.3, 0.4) is 0 Å². The van der Waals surface area contributed by atoms with Gasteiger partial charge in [-0.3, -0.25) is 9.80 Å². The lowest BCUT2D eigenvalue weighted by atomic mass is 9.96. The van der Waals surface area contributed by atoms with Gasteiger partial charge in [-0.05, 0) is 34.6 Å². The summed E-state index contributed by atoms with van der Waals surface area (Å²) >= 11 is 0. The molecule has 0 aromatic rings. The third kappa shape index (κ3) is 2.58. The van der Waals surface area contributed by atoms with Gasteiger partial charge < -0.3 is 4.74 Å². The topological polar surface area (TPSA) is 15.7 Å². The molecule has 2 heterocycles. The summed E-state index contributed by atoms with van der Waals surface area (Å²) in [5.41, 5.74) is 0.333. The van der Waals surface area contributed by atoms with E-state index in [1.165, 1.54) is 13.1 Å². The Morgan fingerprint density at radius 3 is 1.88 bits per heavy atom. The number of nitrogens with zero attached hydrogens (tertiary/aromatic N) is 2. The van der Waals surface area contributed by atoms with Crippen LogP contribution in [0.2, 0.25) is 0 Å². The van der Waals surface area contributed by atoms with Gasteiger partial charge in [-0.25, -0.2) is 0 Å². The lowest BCUT2D eigenvalue weighted by Crippen LogP contribution is -2.67. The van der Waals surface area contributed by atoms with Gasteiger partial charge in [-0.1, -0.05) is 0 Å². The van der Waals surface area contributed by atoms with Crippen molar-refractivity contribution < 1.29 is 4.74 Å². The van der Waals surface area contributed by atoms with Crippen LogP contribution >= 0.6 is 0 Å². The summed E-state index contributed by atoms with van der Waals surface area (Å²) in [6, 6.07) is 0.757. The van der Waals surface area contributed by atoms with Gasteiger partial charge in [0.2, 0.25) is 0 Å². The Labute approximate surface area is 99.7 Å². The molecule has 2 aliphatic rings. The first kappa shape index (κ1) is 12.3. The van der Waals surface area contributed by atoms with Crippen LogP contribution in [-0.2, 0) is 4.74 Å². The monoisotopic (exact) mass is 226 g/mol. The molecule has 2 saturated heterocycles. The molecule has 0 aliphatic carbocycles. The highest BCUT2D eigenvalue weighted by Crippen LogP contribution is 2.26. The van der Waals surface area contributed by atoms with E-state index in [2.05, 4.69) is 44.4 Å². The molecule has 0 radical (unpaired) electrons. The first-order valence-corrected chi connectivity index (χ1v) is 6.51. The molecule has 0 bridgehead atoms. The fourth-order valence-corrected chi connectivity index (χ4v) is 2.75. The maximum Gasteiger partial charge on any atom is 0.0678 e. The van der Waals surface area contributed by atoms with Gasteiger partial charge in [-0.2, -0.15) is 0 Å². The molecule has 3 heteroatoms. The molecule has 94 valence electrons. The predicted octanol–water partition coefficient (Wildman–Crippen LogP) is 1.58. The highest BCUT2D eigenvalue weighted by atomic mass is 16.5. The van der Waals surface area contributed by atoms with Crippen molar-refractivity contribution in [3.05, 3.63) is 0 Å². The quantitative estimate of drug-likeness (QED) is 0.675. The summed E-state index contributed by atoms with van der Waals surface area (Å²) in [7, 11) is 0. The van der Waals surface area contributed by atoms with E-state index >= 15 is 0 Å². The van der Waals surface area contributed by atoms with Crippen molar-refractivity contribution in [1.82, 2.24) is 9.80 Å². The van der Waals surface area contributed by atoms with E-state index in [0.29, 0.717) is 17.7 Å². The van der Waals surface area contributed by atoms with Gasteiger partial charge in [0.25, 0.3) is 0 Å². The number of rotatable bonds is 1. The average molecular weight is 226 g/mol. The van der Waals surface area contributed by atoms with E-state index in [0.717, 1.165) is 19.1 Å². The minimum atomic E-state index is 0.333. The fourth-order valence-electron chi connectivity index (χ4n) is 2.75. The van der Waals surface area contributed by atoms with Crippen molar-refractivity contribution in [2.75, 3.05) is 26.2 Å². The molecule has 0 spiro atoms. The van der Waals surface area contributed by atoms with Gasteiger partial charge in [0, 0.05) is 37.8 Å². The van der Waals surface area contributed by atoms with E-state index in [1.54, 1.807) is 0 Å². The first-order valence-electron chi connectivity index (χ1n) is 6.51. The summed E-state index contributed by atoms with van der Waals surface area (Å²) < 4.78 is 5.77. The van der Waals surface area contributed by atoms with Crippen molar-refractivity contribution in [3.8, 4) is 0 Å². The number of morpholine rings is 1. The number of hydrogen-bond donors (Lipinski definition) is 0. The zero-order valence-electron chi connectivity index (χ0n) is 11.4. The molecule has 2 atom stereocenters. The standard InChI is InChI=1S/C13H26N2O/c1-10-6-14(7-11(2)16-10)12-8-15(9-12)13(3,4)5/h10-12H,6-9H2,1-5H3. The molecule has 0 aromatic heterocycles. The zero-order valence-corrected chi connectivity index (χ0v) is 11.4. The minimum Gasteiger partial charge on any atom is -0.373 e. The molecule has 2 rings (SSSR count). The van der Waals surface area contributed by atoms with Gasteiger partial charge in [0.05, 0.1) is 12.2 Å². The smallest absolute Gasteiger partial charge is 0.0678 e. The third-order valence-corrected chi connectivity index (χ3v) is 3.78. The number of likely N-dealkylation sites (tertiary alicyclic amines) is 1. The number of hydrogen-bond acceptors (Lipinski definition) is 3. The van der Waals surface area contributed by atoms with E-state index in [-0.39, 0.29) is 0 Å². The van der Waals surface area contributed by atoms with Crippen LogP contribution in [0.15, 0.2) is 0 Å². The van der Waals surface area contributed by atoms with Crippen molar-refractivity contribution in [3.63, 3.8) is 0 Å². The molecule has 3 nitrogen and oxygen atoms in total. The van der Waals surface area contributed by atoms with Gasteiger partial charge in [0.15, 0.2) is 0 Å². The van der Waals surface area contributed by atoms with Gasteiger partial charge in [0.1, 0.15) is 0 Å². The molecular weight excluding hydrogens is 200 g/mol. The van der Waals surface area contributed by atoms with Crippen LogP contribution in [0.5, 0.6) is 0 Å². The number of ether oxygens (including phenoxy) is 1. The van der Waals surface area contributed by atoms with Crippen LogP contribution in [0.1, 0.15) is 34.6 Å². The van der Waals surface area contributed by atoms with Crippen molar-refractivity contribution in [1.29, 1.82) is 0 Å². The molecule has 0 N–H and O–H groups in total. The summed E-state index contributed by atoms with van der Waals surface area (Å²) in [6.45, 7) is 15.9. The maximum absolute atomic E-state index is 5.77. The Balaban J connectivity index is 1.83. The summed E-state index contributed by atoms with van der Waals surface area (Å²) in [5, 5.41) is 0. The lowest BCUT2D eigenvalue weighted by molar-refractivity contribution is -0.112. The molecule has 2 fully saturated rings. The molecule has 16 heavy (non-hydrogen) atoms. The second-order valence-corrected chi connectivity index (χ2v) is 6.44. The SMILES string of the molecule is CC1CN(C2CN(C(C)(C)C)C2)CC(C)O1. The maximum atomic E-state index is 5.77.